The quantitative estimate of drug-likeness (QED) is 0.0496. The number of carbonyl (C=O) groups excluding carboxylic acids is 2. The second kappa shape index (κ2) is 36.8. The molecular weight excluding hydrogens is 568 g/mol. The van der Waals surface area contributed by atoms with Gasteiger partial charge in [0.2, 0.25) is 0 Å². The maximum absolute atomic E-state index is 12.8. The Morgan fingerprint density at radius 1 is 0.326 bits per heavy atom. The maximum Gasteiger partial charge on any atom is 0.306 e. The van der Waals surface area contributed by atoms with Gasteiger partial charge in [-0.2, -0.15) is 0 Å². The van der Waals surface area contributed by atoms with Crippen LogP contribution in [0, 0.1) is 0 Å². The second-order valence-corrected chi connectivity index (χ2v) is 14.4. The molecule has 2 unspecified atom stereocenters. The van der Waals surface area contributed by atoms with E-state index in [-0.39, 0.29) is 24.1 Å². The Labute approximate surface area is 288 Å². The molecule has 0 aromatic rings. The van der Waals surface area contributed by atoms with Crippen molar-refractivity contribution in [3.05, 3.63) is 0 Å². The molecule has 274 valence electrons. The van der Waals surface area contributed by atoms with Gasteiger partial charge in [0.15, 0.2) is 0 Å². The Morgan fingerprint density at radius 2 is 0.543 bits per heavy atom. The van der Waals surface area contributed by atoms with Crippen LogP contribution in [0.2, 0.25) is 0 Å². The molecule has 2 atom stereocenters. The van der Waals surface area contributed by atoms with E-state index in [1.54, 1.807) is 0 Å². The van der Waals surface area contributed by atoms with Crippen LogP contribution in [0.4, 0.5) is 0 Å². The van der Waals surface area contributed by atoms with Crippen LogP contribution in [-0.4, -0.2) is 24.1 Å². The van der Waals surface area contributed by atoms with Crippen molar-refractivity contribution in [1.29, 1.82) is 0 Å². The smallest absolute Gasteiger partial charge is 0.306 e. The van der Waals surface area contributed by atoms with Crippen LogP contribution in [0.15, 0.2) is 0 Å². The molecule has 0 aromatic carbocycles. The predicted octanol–water partition coefficient (Wildman–Crippen LogP) is 14.2. The minimum absolute atomic E-state index is 0.0636. The number of carbonyl (C=O) groups is 2. The lowest BCUT2D eigenvalue weighted by molar-refractivity contribution is -0.152. The monoisotopic (exact) mass is 651 g/mol. The predicted molar refractivity (Wildman–Crippen MR) is 199 cm³/mol. The van der Waals surface area contributed by atoms with Gasteiger partial charge < -0.3 is 9.47 Å². The van der Waals surface area contributed by atoms with Gasteiger partial charge in [0.25, 0.3) is 0 Å². The fourth-order valence-corrected chi connectivity index (χ4v) is 6.52. The molecular formula is C42H82O4. The summed E-state index contributed by atoms with van der Waals surface area (Å²) in [5.41, 5.74) is 0. The van der Waals surface area contributed by atoms with Gasteiger partial charge in [-0.15, -0.1) is 0 Å². The van der Waals surface area contributed by atoms with Crippen molar-refractivity contribution in [2.24, 2.45) is 0 Å². The number of unbranched alkanes of at least 4 members (excludes halogenated alkanes) is 23. The van der Waals surface area contributed by atoms with E-state index in [0.29, 0.717) is 25.7 Å². The van der Waals surface area contributed by atoms with Crippen molar-refractivity contribution in [2.45, 2.75) is 258 Å². The molecule has 0 N–H and O–H groups in total. The van der Waals surface area contributed by atoms with E-state index >= 15 is 0 Å². The summed E-state index contributed by atoms with van der Waals surface area (Å²) < 4.78 is 12.0. The van der Waals surface area contributed by atoms with E-state index in [1.807, 2.05) is 0 Å². The third-order valence-corrected chi connectivity index (χ3v) is 9.63. The zero-order chi connectivity index (χ0) is 33.8. The summed E-state index contributed by atoms with van der Waals surface area (Å²) in [6, 6.07) is 0. The molecule has 4 heteroatoms. The topological polar surface area (TPSA) is 52.6 Å². The summed E-state index contributed by atoms with van der Waals surface area (Å²) in [7, 11) is 0. The normalized spacial score (nSPS) is 12.7. The fourth-order valence-electron chi connectivity index (χ4n) is 6.52. The highest BCUT2D eigenvalue weighted by atomic mass is 16.5. The van der Waals surface area contributed by atoms with Crippen LogP contribution < -0.4 is 0 Å². The molecule has 0 amide bonds. The molecule has 0 aromatic heterocycles. The first-order valence-corrected chi connectivity index (χ1v) is 21.0. The van der Waals surface area contributed by atoms with Gasteiger partial charge >= 0.3 is 11.9 Å². The number of hydrogen-bond donors (Lipinski definition) is 0. The Balaban J connectivity index is 4.47. The van der Waals surface area contributed by atoms with Crippen molar-refractivity contribution in [3.8, 4) is 0 Å². The SMILES string of the molecule is CCCCCCCCCC(CCCCCCCC)OC(=O)CCCCC(=O)OC(CCCCCCCC)CCCCCCCCC. The summed E-state index contributed by atoms with van der Waals surface area (Å²) in [5.74, 6) is -0.153. The van der Waals surface area contributed by atoms with Gasteiger partial charge in [-0.05, 0) is 64.2 Å². The highest BCUT2D eigenvalue weighted by molar-refractivity contribution is 5.70. The van der Waals surface area contributed by atoms with Gasteiger partial charge in [-0.25, -0.2) is 0 Å². The minimum Gasteiger partial charge on any atom is -0.462 e. The Hall–Kier alpha value is -1.06. The highest BCUT2D eigenvalue weighted by Gasteiger charge is 2.17. The largest absolute Gasteiger partial charge is 0.462 e. The Kier molecular flexibility index (Phi) is 35.9. The third kappa shape index (κ3) is 32.9. The van der Waals surface area contributed by atoms with Gasteiger partial charge in [-0.1, -0.05) is 169 Å². The summed E-state index contributed by atoms with van der Waals surface area (Å²) >= 11 is 0. The maximum atomic E-state index is 12.8. The minimum atomic E-state index is -0.0767. The molecule has 0 rings (SSSR count). The zero-order valence-corrected chi connectivity index (χ0v) is 31.8. The highest BCUT2D eigenvalue weighted by Crippen LogP contribution is 2.20. The molecule has 0 bridgehead atoms. The first-order chi connectivity index (χ1) is 22.6. The van der Waals surface area contributed by atoms with E-state index < -0.39 is 0 Å². The summed E-state index contributed by atoms with van der Waals surface area (Å²) in [5, 5.41) is 0. The third-order valence-electron chi connectivity index (χ3n) is 9.63. The lowest BCUT2D eigenvalue weighted by Gasteiger charge is -2.19. The molecule has 0 aliphatic rings. The van der Waals surface area contributed by atoms with Crippen molar-refractivity contribution >= 4 is 11.9 Å². The number of hydrogen-bond acceptors (Lipinski definition) is 4. The molecule has 4 nitrogen and oxygen atoms in total. The molecule has 46 heavy (non-hydrogen) atoms. The van der Waals surface area contributed by atoms with Gasteiger partial charge in [-0.3, -0.25) is 9.59 Å². The summed E-state index contributed by atoms with van der Waals surface area (Å²) in [6.07, 6.45) is 39.6. The Bertz CT molecular complexity index is 579. The standard InChI is InChI=1S/C42H82O4/c1-5-9-13-17-21-25-29-35-39(33-27-23-19-15-11-7-3)45-41(43)37-31-32-38-42(44)46-40(34-28-24-20-16-12-8-4)36-30-26-22-18-14-10-6-2/h39-40H,5-38H2,1-4H3. The van der Waals surface area contributed by atoms with Crippen molar-refractivity contribution in [1.82, 2.24) is 0 Å². The van der Waals surface area contributed by atoms with Crippen LogP contribution in [0.5, 0.6) is 0 Å². The van der Waals surface area contributed by atoms with E-state index in [4.69, 9.17) is 9.47 Å². The summed E-state index contributed by atoms with van der Waals surface area (Å²) in [6.45, 7) is 9.04. The van der Waals surface area contributed by atoms with Crippen LogP contribution >= 0.6 is 0 Å². The lowest BCUT2D eigenvalue weighted by atomic mass is 10.0. The van der Waals surface area contributed by atoms with Gasteiger partial charge in [0.05, 0.1) is 0 Å². The van der Waals surface area contributed by atoms with E-state index in [1.165, 1.54) is 141 Å². The van der Waals surface area contributed by atoms with Gasteiger partial charge in [0, 0.05) is 12.8 Å². The molecule has 0 aliphatic carbocycles. The molecule has 0 aliphatic heterocycles. The molecule has 0 heterocycles. The molecule has 0 saturated carbocycles. The zero-order valence-electron chi connectivity index (χ0n) is 31.8. The van der Waals surface area contributed by atoms with E-state index in [2.05, 4.69) is 27.7 Å². The van der Waals surface area contributed by atoms with Crippen LogP contribution in [0.25, 0.3) is 0 Å². The summed E-state index contributed by atoms with van der Waals surface area (Å²) in [4.78, 5) is 25.5. The first kappa shape index (κ1) is 44.9. The van der Waals surface area contributed by atoms with E-state index in [0.717, 1.165) is 51.4 Å². The van der Waals surface area contributed by atoms with Crippen LogP contribution in [-0.2, 0) is 19.1 Å². The first-order valence-electron chi connectivity index (χ1n) is 21.0. The number of ether oxygens (including phenoxy) is 2. The molecule has 0 radical (unpaired) electrons. The fraction of sp³-hybridized carbons (Fsp3) is 0.952. The van der Waals surface area contributed by atoms with Gasteiger partial charge in [0.1, 0.15) is 12.2 Å². The molecule has 0 saturated heterocycles. The van der Waals surface area contributed by atoms with Crippen molar-refractivity contribution < 1.29 is 19.1 Å². The molecule has 0 fully saturated rings. The number of rotatable bonds is 37. The van der Waals surface area contributed by atoms with Crippen LogP contribution in [0.1, 0.15) is 246 Å². The molecule has 0 spiro atoms. The Morgan fingerprint density at radius 3 is 0.783 bits per heavy atom. The van der Waals surface area contributed by atoms with Crippen LogP contribution in [0.3, 0.4) is 0 Å². The van der Waals surface area contributed by atoms with E-state index in [9.17, 15) is 9.59 Å². The average molecular weight is 651 g/mol. The second-order valence-electron chi connectivity index (χ2n) is 14.4. The van der Waals surface area contributed by atoms with Crippen molar-refractivity contribution in [2.75, 3.05) is 0 Å². The average Bonchev–Trinajstić information content (AvgIpc) is 3.05. The van der Waals surface area contributed by atoms with Crippen molar-refractivity contribution in [3.63, 3.8) is 0 Å². The number of esters is 2. The lowest BCUT2D eigenvalue weighted by Crippen LogP contribution is -2.19.